The summed E-state index contributed by atoms with van der Waals surface area (Å²) in [6.07, 6.45) is 8.28. The molecular weight excluding hydrogens is 1350 g/mol. The molecule has 2 aromatic carbocycles. The maximum absolute atomic E-state index is 14.1. The van der Waals surface area contributed by atoms with Crippen LogP contribution in [0.4, 0.5) is 5.13 Å². The Labute approximate surface area is 552 Å². The average molecular weight is 1420 g/mol. The Bertz CT molecular complexity index is 3940. The summed E-state index contributed by atoms with van der Waals surface area (Å²) in [4.78, 5) is 70.3. The predicted molar refractivity (Wildman–Crippen MR) is 344 cm³/mol. The van der Waals surface area contributed by atoms with Gasteiger partial charge in [0.2, 0.25) is 0 Å². The van der Waals surface area contributed by atoms with Gasteiger partial charge < -0.3 is 56.7 Å². The molecule has 0 bridgehead atoms. The fourth-order valence-corrected chi connectivity index (χ4v) is 15.1. The molecule has 2 fully saturated rings. The lowest BCUT2D eigenvalue weighted by Crippen LogP contribution is -2.34. The number of thiazole rings is 2. The van der Waals surface area contributed by atoms with Gasteiger partial charge in [-0.05, 0) is 87.1 Å². The summed E-state index contributed by atoms with van der Waals surface area (Å²) >= 11 is 2.18. The minimum absolute atomic E-state index is 0.0854. The number of benzene rings is 2. The van der Waals surface area contributed by atoms with Crippen molar-refractivity contribution in [3.63, 3.8) is 0 Å². The van der Waals surface area contributed by atoms with Crippen LogP contribution in [0.1, 0.15) is 124 Å². The maximum Gasteiger partial charge on any atom is 0.336 e. The molecule has 2 aliphatic heterocycles. The van der Waals surface area contributed by atoms with Crippen molar-refractivity contribution < 1.29 is 102 Å². The lowest BCUT2D eigenvalue weighted by Gasteiger charge is -2.23. The van der Waals surface area contributed by atoms with E-state index in [1.807, 2.05) is 27.7 Å². The molecule has 0 radical (unpaired) electrons. The number of ether oxygens (including phenoxy) is 6. The Morgan fingerprint density at radius 2 is 1.14 bits per heavy atom. The molecule has 0 aliphatic carbocycles. The number of carbonyl (C=O) groups excluding carboxylic acids is 4. The number of hydrogen-bond acceptors (Lipinski definition) is 27. The molecule has 6 aromatic rings. The third-order valence-electron chi connectivity index (χ3n) is 13.5. The summed E-state index contributed by atoms with van der Waals surface area (Å²) in [5, 5.41) is 22.1. The molecule has 2 amide bonds. The number of aliphatic hydroxyl groups excluding tert-OH is 2. The largest absolute Gasteiger partial charge is 0.490 e. The quantitative estimate of drug-likeness (QED) is 0.0232. The van der Waals surface area contributed by atoms with Crippen LogP contribution in [-0.2, 0) is 85.0 Å². The topological polar surface area (TPSA) is 363 Å². The SMILES string of the molecule is CCCC(=O)OCN(C(=O)c1cc(Oc2ccc(S(C)(=O)=O)nc2)cc(O[C@@H](CC)CCO)c1)c1nc(CP2(=O)OCCCO2)cs1.CCCC(=O)OCn1c(CP2(=O)OCCCO2)csc1=NC(=O)c1cc(Oc2ccc(S(C)(=O)=O)nc2)cc(O[C@@H](CC)CCO)c1. The second-order valence-corrected chi connectivity index (χ2v) is 30.9. The van der Waals surface area contributed by atoms with Crippen LogP contribution in [0.15, 0.2) is 98.9 Å². The minimum atomic E-state index is -3.53. The Morgan fingerprint density at radius 1 is 0.649 bits per heavy atom. The van der Waals surface area contributed by atoms with Crippen LogP contribution in [0.3, 0.4) is 0 Å². The van der Waals surface area contributed by atoms with Gasteiger partial charge in [0, 0.05) is 91.1 Å². The summed E-state index contributed by atoms with van der Waals surface area (Å²) < 4.78 is 131. The Morgan fingerprint density at radius 3 is 1.62 bits per heavy atom. The number of hydrogen-bond donors (Lipinski definition) is 2. The zero-order valence-electron chi connectivity index (χ0n) is 52.6. The molecule has 2 aliphatic rings. The molecule has 0 unspecified atom stereocenters. The first kappa shape index (κ1) is 74.6. The van der Waals surface area contributed by atoms with Crippen LogP contribution in [0.5, 0.6) is 34.5 Å². The van der Waals surface area contributed by atoms with E-state index in [0.717, 1.165) is 35.2 Å². The second-order valence-electron chi connectivity index (χ2n) is 21.2. The third kappa shape index (κ3) is 22.7. The summed E-state index contributed by atoms with van der Waals surface area (Å²) in [7, 11) is -13.9. The van der Waals surface area contributed by atoms with Crippen molar-refractivity contribution in [2.45, 2.75) is 133 Å². The van der Waals surface area contributed by atoms with Crippen LogP contribution in [-0.4, -0.2) is 141 Å². The first-order valence-corrected chi connectivity index (χ1v) is 39.0. The highest BCUT2D eigenvalue weighted by atomic mass is 32.2. The van der Waals surface area contributed by atoms with Crippen LogP contribution in [0.2, 0.25) is 0 Å². The van der Waals surface area contributed by atoms with Gasteiger partial charge in [-0.1, -0.05) is 27.7 Å². The number of sulfone groups is 2. The number of pyridine rings is 2. The standard InChI is InChI=1S/2C30H38N3O11PS2/c1-4-7-28(35)40-20-33-22(18-45(37)41-12-6-13-42-45)19-46-30(33)32-29(36)21-14-25(43-23(5-2)10-11-34)16-26(15-21)44-24-8-9-27(31-17-24)47(3,38)39;1-4-7-28(35)40-20-33(30-32-22(19-46-30)18-45(37)41-12-6-13-42-45)29(36)21-14-25(43-23(5-2)10-11-34)16-26(15-21)44-24-8-9-27(31-17-24)47(3,38)39/h2*8-9,14-17,19,23,34H,4-7,10-13,18,20H2,1-3H3/t2*23-/m00/s1. The molecule has 512 valence electrons. The number of carbonyl (C=O) groups is 4. The van der Waals surface area contributed by atoms with E-state index in [0.29, 0.717) is 89.2 Å². The zero-order valence-corrected chi connectivity index (χ0v) is 57.7. The second kappa shape index (κ2) is 35.3. The van der Waals surface area contributed by atoms with Gasteiger partial charge in [0.05, 0.1) is 56.8 Å². The van der Waals surface area contributed by atoms with Crippen LogP contribution >= 0.6 is 37.9 Å². The number of anilines is 1. The molecule has 2 N–H and O–H groups in total. The highest BCUT2D eigenvalue weighted by Crippen LogP contribution is 2.54. The van der Waals surface area contributed by atoms with Gasteiger partial charge >= 0.3 is 27.1 Å². The van der Waals surface area contributed by atoms with Crippen molar-refractivity contribution in [1.82, 2.24) is 19.5 Å². The van der Waals surface area contributed by atoms with Gasteiger partial charge in [-0.2, -0.15) is 4.99 Å². The van der Waals surface area contributed by atoms with E-state index in [1.54, 1.807) is 22.9 Å². The summed E-state index contributed by atoms with van der Waals surface area (Å²) in [6.45, 7) is 7.75. The number of esters is 2. The molecule has 2 saturated heterocycles. The average Bonchev–Trinajstić information content (AvgIpc) is 1.51. The monoisotopic (exact) mass is 1420 g/mol. The van der Waals surface area contributed by atoms with Gasteiger partial charge in [-0.15, -0.1) is 22.7 Å². The summed E-state index contributed by atoms with van der Waals surface area (Å²) in [5.74, 6) is -0.918. The highest BCUT2D eigenvalue weighted by molar-refractivity contribution is 7.90. The molecule has 34 heteroatoms. The first-order chi connectivity index (χ1) is 44.8. The maximum atomic E-state index is 14.1. The van der Waals surface area contributed by atoms with E-state index in [-0.39, 0.29) is 123 Å². The molecule has 2 atom stereocenters. The number of rotatable bonds is 31. The van der Waals surface area contributed by atoms with Crippen LogP contribution in [0.25, 0.3) is 0 Å². The van der Waals surface area contributed by atoms with Crippen molar-refractivity contribution in [2.24, 2.45) is 4.99 Å². The number of aliphatic hydroxyl groups is 2. The van der Waals surface area contributed by atoms with Gasteiger partial charge in [-0.3, -0.25) is 32.9 Å². The van der Waals surface area contributed by atoms with Crippen molar-refractivity contribution >= 4 is 86.4 Å². The van der Waals surface area contributed by atoms with Crippen molar-refractivity contribution in [1.29, 1.82) is 0 Å². The summed E-state index contributed by atoms with van der Waals surface area (Å²) in [5.41, 5.74) is 1.02. The number of amides is 2. The van der Waals surface area contributed by atoms with E-state index >= 15 is 0 Å². The van der Waals surface area contributed by atoms with E-state index in [2.05, 4.69) is 19.9 Å². The van der Waals surface area contributed by atoms with E-state index in [9.17, 15) is 55.4 Å². The van der Waals surface area contributed by atoms with Gasteiger partial charge in [0.1, 0.15) is 46.7 Å². The Kier molecular flexibility index (Phi) is 28.0. The third-order valence-corrected chi connectivity index (χ3v) is 21.0. The lowest BCUT2D eigenvalue weighted by atomic mass is 10.1. The fraction of sp³-hybridized carbons (Fsp3) is 0.467. The number of nitrogens with zero attached hydrogens (tertiary/aromatic N) is 6. The van der Waals surface area contributed by atoms with Gasteiger partial charge in [0.25, 0.3) is 11.8 Å². The van der Waals surface area contributed by atoms with Gasteiger partial charge in [0.15, 0.2) is 53.1 Å². The van der Waals surface area contributed by atoms with E-state index < -0.39 is 65.3 Å². The molecule has 0 saturated carbocycles. The Balaban J connectivity index is 0.000000266. The molecule has 0 spiro atoms. The van der Waals surface area contributed by atoms with Crippen molar-refractivity contribution in [3.8, 4) is 34.5 Å². The predicted octanol–water partition coefficient (Wildman–Crippen LogP) is 10.2. The van der Waals surface area contributed by atoms with E-state index in [1.165, 1.54) is 70.4 Å². The normalized spacial score (nSPS) is 15.3. The van der Waals surface area contributed by atoms with Crippen molar-refractivity contribution in [2.75, 3.05) is 63.8 Å². The smallest absolute Gasteiger partial charge is 0.336 e. The number of aromatic nitrogens is 4. The minimum Gasteiger partial charge on any atom is -0.490 e. The molecule has 4 aromatic heterocycles. The van der Waals surface area contributed by atoms with E-state index in [4.69, 9.17) is 46.5 Å². The summed E-state index contributed by atoms with van der Waals surface area (Å²) in [6, 6.07) is 14.5. The van der Waals surface area contributed by atoms with Crippen LogP contribution < -0.4 is 28.6 Å². The van der Waals surface area contributed by atoms with Crippen molar-refractivity contribution in [3.05, 3.63) is 111 Å². The molecular formula is C60H76N6O22P2S4. The molecule has 6 heterocycles. The zero-order chi connectivity index (χ0) is 68.1. The van der Waals surface area contributed by atoms with Gasteiger partial charge in [-0.25, -0.2) is 36.7 Å². The van der Waals surface area contributed by atoms with Crippen LogP contribution in [0, 0.1) is 0 Å². The fourth-order valence-electron chi connectivity index (χ4n) is 8.71. The highest BCUT2D eigenvalue weighted by Gasteiger charge is 2.33. The molecule has 28 nitrogen and oxygen atoms in total. The first-order valence-electron chi connectivity index (χ1n) is 30.0. The lowest BCUT2D eigenvalue weighted by molar-refractivity contribution is -0.147. The Hall–Kier alpha value is -6.80. The molecule has 8 rings (SSSR count). The molecule has 94 heavy (non-hydrogen) atoms.